The second-order valence-corrected chi connectivity index (χ2v) is 5.05. The highest BCUT2D eigenvalue weighted by atomic mass is 16.6. The number of phenolic OH excluding ortho intramolecular Hbond substituents is 1. The number of para-hydroxylation sites is 1. The molecule has 0 aliphatic rings. The quantitative estimate of drug-likeness (QED) is 0.455. The van der Waals surface area contributed by atoms with Crippen molar-refractivity contribution < 1.29 is 19.6 Å². The molecule has 0 unspecified atom stereocenters. The molecule has 8 heteroatoms. The zero-order valence-electron chi connectivity index (χ0n) is 13.5. The molecule has 2 aromatic carbocycles. The van der Waals surface area contributed by atoms with Crippen LogP contribution >= 0.6 is 0 Å². The van der Waals surface area contributed by atoms with Crippen LogP contribution in [0, 0.1) is 10.1 Å². The number of nitrogens with one attached hydrogen (secondary N) is 1. The molecule has 0 fully saturated rings. The number of carbonyl (C=O) groups excluding carboxylic acids is 1. The Morgan fingerprint density at radius 2 is 2.12 bits per heavy atom. The third-order valence-corrected chi connectivity index (χ3v) is 3.32. The molecule has 0 aliphatic heterocycles. The number of aromatic hydroxyl groups is 1. The van der Waals surface area contributed by atoms with E-state index in [2.05, 4.69) is 10.5 Å². The molecular formula is C17H17N3O5. The standard InChI is InChI=1S/C17H17N3O5/c1-2-12-7-8-16(14(9-12)20(23)24)25-11-17(22)19-18-10-13-5-3-4-6-15(13)21/h3-10,21H,2,11H2,1H3,(H,19,22)/b18-10+. The van der Waals surface area contributed by atoms with Gasteiger partial charge in [0.15, 0.2) is 12.4 Å². The second-order valence-electron chi connectivity index (χ2n) is 5.05. The Bertz CT molecular complexity index is 805. The SMILES string of the molecule is CCc1ccc(OCC(=O)N/N=C/c2ccccc2O)c([N+](=O)[O-])c1. The van der Waals surface area contributed by atoms with Gasteiger partial charge in [-0.05, 0) is 30.2 Å². The Labute approximate surface area is 143 Å². The Morgan fingerprint density at radius 3 is 2.80 bits per heavy atom. The number of nitro groups is 1. The lowest BCUT2D eigenvalue weighted by Crippen LogP contribution is -2.24. The largest absolute Gasteiger partial charge is 0.507 e. The van der Waals surface area contributed by atoms with Crippen molar-refractivity contribution in [2.24, 2.45) is 5.10 Å². The molecule has 8 nitrogen and oxygen atoms in total. The van der Waals surface area contributed by atoms with Crippen molar-refractivity contribution >= 4 is 17.8 Å². The minimum absolute atomic E-state index is 0.0158. The second kappa shape index (κ2) is 8.44. The first-order chi connectivity index (χ1) is 12.0. The first-order valence-corrected chi connectivity index (χ1v) is 7.51. The van der Waals surface area contributed by atoms with Crippen molar-refractivity contribution in [2.75, 3.05) is 6.61 Å². The van der Waals surface area contributed by atoms with Gasteiger partial charge in [0, 0.05) is 11.6 Å². The molecule has 0 bridgehead atoms. The van der Waals surface area contributed by atoms with Crippen LogP contribution in [0.1, 0.15) is 18.1 Å². The summed E-state index contributed by atoms with van der Waals surface area (Å²) in [7, 11) is 0. The first-order valence-electron chi connectivity index (χ1n) is 7.51. The molecule has 0 spiro atoms. The van der Waals surface area contributed by atoms with Crippen molar-refractivity contribution in [1.29, 1.82) is 0 Å². The molecular weight excluding hydrogens is 326 g/mol. The summed E-state index contributed by atoms with van der Waals surface area (Å²) in [6.07, 6.45) is 1.94. The predicted octanol–water partition coefficient (Wildman–Crippen LogP) is 2.39. The normalized spacial score (nSPS) is 10.6. The van der Waals surface area contributed by atoms with Crippen LogP contribution in [0.5, 0.6) is 11.5 Å². The van der Waals surface area contributed by atoms with E-state index in [1.807, 2.05) is 6.92 Å². The van der Waals surface area contributed by atoms with E-state index in [9.17, 15) is 20.0 Å². The van der Waals surface area contributed by atoms with Crippen molar-refractivity contribution in [3.8, 4) is 11.5 Å². The van der Waals surface area contributed by atoms with Crippen LogP contribution in [-0.4, -0.2) is 28.8 Å². The van der Waals surface area contributed by atoms with Gasteiger partial charge in [-0.15, -0.1) is 0 Å². The van der Waals surface area contributed by atoms with Gasteiger partial charge in [-0.1, -0.05) is 25.1 Å². The van der Waals surface area contributed by atoms with Gasteiger partial charge in [-0.2, -0.15) is 5.10 Å². The van der Waals surface area contributed by atoms with Crippen molar-refractivity contribution in [3.05, 3.63) is 63.7 Å². The number of nitrogens with zero attached hydrogens (tertiary/aromatic N) is 2. The summed E-state index contributed by atoms with van der Waals surface area (Å²) in [5.74, 6) is -0.536. The molecule has 0 radical (unpaired) electrons. The molecule has 0 aromatic heterocycles. The summed E-state index contributed by atoms with van der Waals surface area (Å²) in [5, 5.41) is 24.3. The van der Waals surface area contributed by atoms with Gasteiger partial charge in [0.05, 0.1) is 11.1 Å². The summed E-state index contributed by atoms with van der Waals surface area (Å²) in [6, 6.07) is 11.1. The van der Waals surface area contributed by atoms with Crippen LogP contribution in [0.25, 0.3) is 0 Å². The number of ether oxygens (including phenoxy) is 1. The number of aryl methyl sites for hydroxylation is 1. The molecule has 2 N–H and O–H groups in total. The van der Waals surface area contributed by atoms with Gasteiger partial charge in [0.2, 0.25) is 0 Å². The van der Waals surface area contributed by atoms with Gasteiger partial charge >= 0.3 is 5.69 Å². The molecule has 0 atom stereocenters. The Hall–Kier alpha value is -3.42. The minimum atomic E-state index is -0.583. The van der Waals surface area contributed by atoms with E-state index in [1.165, 1.54) is 24.4 Å². The Balaban J connectivity index is 1.94. The number of phenols is 1. The lowest BCUT2D eigenvalue weighted by molar-refractivity contribution is -0.385. The number of carbonyl (C=O) groups is 1. The molecule has 130 valence electrons. The van der Waals surface area contributed by atoms with E-state index >= 15 is 0 Å². The van der Waals surface area contributed by atoms with Gasteiger partial charge < -0.3 is 9.84 Å². The summed E-state index contributed by atoms with van der Waals surface area (Å²) in [5.41, 5.74) is 3.28. The highest BCUT2D eigenvalue weighted by Gasteiger charge is 2.16. The fourth-order valence-electron chi connectivity index (χ4n) is 1.99. The van der Waals surface area contributed by atoms with Crippen LogP contribution in [0.3, 0.4) is 0 Å². The molecule has 0 heterocycles. The fraction of sp³-hybridized carbons (Fsp3) is 0.176. The fourth-order valence-corrected chi connectivity index (χ4v) is 1.99. The van der Waals surface area contributed by atoms with Gasteiger partial charge in [0.1, 0.15) is 5.75 Å². The van der Waals surface area contributed by atoms with E-state index in [-0.39, 0.29) is 17.2 Å². The average molecular weight is 343 g/mol. The zero-order chi connectivity index (χ0) is 18.2. The maximum atomic E-state index is 11.7. The lowest BCUT2D eigenvalue weighted by Gasteiger charge is -2.07. The zero-order valence-corrected chi connectivity index (χ0v) is 13.5. The van der Waals surface area contributed by atoms with E-state index in [4.69, 9.17) is 4.74 Å². The van der Waals surface area contributed by atoms with Gasteiger partial charge in [0.25, 0.3) is 5.91 Å². The monoisotopic (exact) mass is 343 g/mol. The van der Waals surface area contributed by atoms with E-state index < -0.39 is 17.4 Å². The van der Waals surface area contributed by atoms with Crippen LogP contribution < -0.4 is 10.2 Å². The van der Waals surface area contributed by atoms with Crippen LogP contribution in [0.2, 0.25) is 0 Å². The number of nitro benzene ring substituents is 1. The predicted molar refractivity (Wildman–Crippen MR) is 91.8 cm³/mol. The smallest absolute Gasteiger partial charge is 0.311 e. The molecule has 2 aromatic rings. The number of hydrogen-bond acceptors (Lipinski definition) is 6. The van der Waals surface area contributed by atoms with Crippen molar-refractivity contribution in [1.82, 2.24) is 5.43 Å². The summed E-state index contributed by atoms with van der Waals surface area (Å²) in [4.78, 5) is 22.2. The maximum absolute atomic E-state index is 11.7. The first kappa shape index (κ1) is 17.9. The topological polar surface area (TPSA) is 114 Å². The average Bonchev–Trinajstić information content (AvgIpc) is 2.61. The summed E-state index contributed by atoms with van der Waals surface area (Å²) in [6.45, 7) is 1.46. The molecule has 2 rings (SSSR count). The minimum Gasteiger partial charge on any atom is -0.507 e. The number of rotatable bonds is 7. The van der Waals surface area contributed by atoms with Crippen LogP contribution in [0.4, 0.5) is 5.69 Å². The molecule has 1 amide bonds. The molecule has 0 saturated heterocycles. The van der Waals surface area contributed by atoms with Crippen LogP contribution in [-0.2, 0) is 11.2 Å². The number of hydrazone groups is 1. The third-order valence-electron chi connectivity index (χ3n) is 3.32. The Morgan fingerprint density at radius 1 is 1.36 bits per heavy atom. The Kier molecular flexibility index (Phi) is 6.05. The molecule has 25 heavy (non-hydrogen) atoms. The van der Waals surface area contributed by atoms with E-state index in [0.717, 1.165) is 5.56 Å². The maximum Gasteiger partial charge on any atom is 0.311 e. The molecule has 0 saturated carbocycles. The number of benzene rings is 2. The van der Waals surface area contributed by atoms with Gasteiger partial charge in [-0.25, -0.2) is 5.43 Å². The highest BCUT2D eigenvalue weighted by Crippen LogP contribution is 2.28. The van der Waals surface area contributed by atoms with E-state index in [0.29, 0.717) is 12.0 Å². The molecule has 0 aliphatic carbocycles. The van der Waals surface area contributed by atoms with Crippen molar-refractivity contribution in [3.63, 3.8) is 0 Å². The summed E-state index contributed by atoms with van der Waals surface area (Å²) >= 11 is 0. The van der Waals surface area contributed by atoms with Gasteiger partial charge in [-0.3, -0.25) is 14.9 Å². The third kappa shape index (κ3) is 5.03. The lowest BCUT2D eigenvalue weighted by atomic mass is 10.1. The van der Waals surface area contributed by atoms with Crippen molar-refractivity contribution in [2.45, 2.75) is 13.3 Å². The summed E-state index contributed by atoms with van der Waals surface area (Å²) < 4.78 is 5.21. The highest BCUT2D eigenvalue weighted by molar-refractivity contribution is 5.85. The number of amides is 1. The van der Waals surface area contributed by atoms with Crippen LogP contribution in [0.15, 0.2) is 47.6 Å². The van der Waals surface area contributed by atoms with E-state index in [1.54, 1.807) is 24.3 Å². The number of hydrogen-bond donors (Lipinski definition) is 2.